The van der Waals surface area contributed by atoms with Crippen LogP contribution in [-0.4, -0.2) is 30.2 Å². The Bertz CT molecular complexity index is 905. The minimum absolute atomic E-state index is 0.593. The molecule has 29 heavy (non-hydrogen) atoms. The maximum Gasteiger partial charge on any atom is 0.224 e. The number of aromatic nitrogens is 2. The molecule has 0 atom stereocenters. The number of ether oxygens (including phenoxy) is 1. The molecule has 150 valence electrons. The number of benzene rings is 2. The lowest BCUT2D eigenvalue weighted by Crippen LogP contribution is -2.29. The van der Waals surface area contributed by atoms with Crippen LogP contribution >= 0.6 is 0 Å². The Morgan fingerprint density at radius 3 is 2.41 bits per heavy atom. The molecule has 0 spiro atoms. The second-order valence-electron chi connectivity index (χ2n) is 7.19. The standard InChI is InChI=1S/C23H27N5O/c1-29-21-11-5-18(6-12-21)17-25-23-24-14-13-22(27-23)26-19-7-9-20(10-8-19)28-15-3-2-4-16-28/h5-14H,2-4,15-17H2,1H3,(H2,24,25,26,27). The first-order valence-corrected chi connectivity index (χ1v) is 10.1. The molecule has 6 nitrogen and oxygen atoms in total. The van der Waals surface area contributed by atoms with Crippen LogP contribution in [0.3, 0.4) is 0 Å². The summed E-state index contributed by atoms with van der Waals surface area (Å²) in [4.78, 5) is 11.3. The minimum Gasteiger partial charge on any atom is -0.497 e. The van der Waals surface area contributed by atoms with Crippen molar-refractivity contribution in [3.63, 3.8) is 0 Å². The van der Waals surface area contributed by atoms with E-state index in [-0.39, 0.29) is 0 Å². The summed E-state index contributed by atoms with van der Waals surface area (Å²) in [7, 11) is 1.67. The van der Waals surface area contributed by atoms with Crippen LogP contribution in [0.2, 0.25) is 0 Å². The van der Waals surface area contributed by atoms with Gasteiger partial charge in [-0.2, -0.15) is 4.98 Å². The largest absolute Gasteiger partial charge is 0.497 e. The van der Waals surface area contributed by atoms with Crippen molar-refractivity contribution in [3.05, 3.63) is 66.4 Å². The molecule has 1 aliphatic heterocycles. The molecule has 0 aliphatic carbocycles. The molecule has 0 unspecified atom stereocenters. The lowest BCUT2D eigenvalue weighted by atomic mass is 10.1. The van der Waals surface area contributed by atoms with Gasteiger partial charge in [-0.1, -0.05) is 12.1 Å². The Kier molecular flexibility index (Phi) is 6.10. The van der Waals surface area contributed by atoms with Crippen LogP contribution < -0.4 is 20.3 Å². The summed E-state index contributed by atoms with van der Waals surface area (Å²) in [5, 5.41) is 6.63. The van der Waals surface area contributed by atoms with Crippen LogP contribution in [-0.2, 0) is 6.54 Å². The van der Waals surface area contributed by atoms with Crippen molar-refractivity contribution in [1.29, 1.82) is 0 Å². The van der Waals surface area contributed by atoms with Crippen LogP contribution in [0.1, 0.15) is 24.8 Å². The van der Waals surface area contributed by atoms with Crippen molar-refractivity contribution < 1.29 is 4.74 Å². The molecule has 1 saturated heterocycles. The lowest BCUT2D eigenvalue weighted by molar-refractivity contribution is 0.414. The van der Waals surface area contributed by atoms with E-state index >= 15 is 0 Å². The highest BCUT2D eigenvalue weighted by Crippen LogP contribution is 2.23. The number of piperidine rings is 1. The highest BCUT2D eigenvalue weighted by molar-refractivity contribution is 5.61. The highest BCUT2D eigenvalue weighted by atomic mass is 16.5. The predicted molar refractivity (Wildman–Crippen MR) is 118 cm³/mol. The van der Waals surface area contributed by atoms with Crippen molar-refractivity contribution in [2.45, 2.75) is 25.8 Å². The fourth-order valence-electron chi connectivity index (χ4n) is 3.49. The number of rotatable bonds is 7. The van der Waals surface area contributed by atoms with Gasteiger partial charge in [-0.25, -0.2) is 4.98 Å². The average molecular weight is 390 g/mol. The smallest absolute Gasteiger partial charge is 0.224 e. The number of nitrogens with zero attached hydrogens (tertiary/aromatic N) is 3. The Balaban J connectivity index is 1.35. The molecular formula is C23H27N5O. The zero-order valence-electron chi connectivity index (χ0n) is 16.8. The third-order valence-electron chi connectivity index (χ3n) is 5.13. The summed E-state index contributed by atoms with van der Waals surface area (Å²) in [5.74, 6) is 2.21. The summed E-state index contributed by atoms with van der Waals surface area (Å²) in [5.41, 5.74) is 3.45. The molecule has 1 aromatic heterocycles. The maximum absolute atomic E-state index is 5.19. The van der Waals surface area contributed by atoms with E-state index in [9.17, 15) is 0 Å². The van der Waals surface area contributed by atoms with Crippen molar-refractivity contribution in [2.24, 2.45) is 0 Å². The second-order valence-corrected chi connectivity index (χ2v) is 7.19. The Morgan fingerprint density at radius 2 is 1.69 bits per heavy atom. The molecular weight excluding hydrogens is 362 g/mol. The van der Waals surface area contributed by atoms with Gasteiger partial charge >= 0.3 is 0 Å². The first-order chi connectivity index (χ1) is 14.3. The summed E-state index contributed by atoms with van der Waals surface area (Å²) in [6.45, 7) is 2.96. The first-order valence-electron chi connectivity index (χ1n) is 10.1. The molecule has 0 bridgehead atoms. The van der Waals surface area contributed by atoms with Gasteiger partial charge in [-0.15, -0.1) is 0 Å². The molecule has 0 amide bonds. The van der Waals surface area contributed by atoms with Gasteiger partial charge in [0.05, 0.1) is 7.11 Å². The van der Waals surface area contributed by atoms with Crippen LogP contribution in [0, 0.1) is 0 Å². The summed E-state index contributed by atoms with van der Waals surface area (Å²) in [6, 6.07) is 18.4. The number of methoxy groups -OCH3 is 1. The number of anilines is 4. The van der Waals surface area contributed by atoms with Gasteiger partial charge in [-0.05, 0) is 67.3 Å². The molecule has 2 N–H and O–H groups in total. The number of nitrogens with one attached hydrogen (secondary N) is 2. The van der Waals surface area contributed by atoms with Crippen LogP contribution in [0.5, 0.6) is 5.75 Å². The zero-order valence-corrected chi connectivity index (χ0v) is 16.8. The van der Waals surface area contributed by atoms with Crippen molar-refractivity contribution in [2.75, 3.05) is 35.7 Å². The maximum atomic E-state index is 5.19. The van der Waals surface area contributed by atoms with E-state index in [4.69, 9.17) is 4.74 Å². The van der Waals surface area contributed by atoms with Gasteiger partial charge in [0.2, 0.25) is 5.95 Å². The monoisotopic (exact) mass is 389 g/mol. The molecule has 0 radical (unpaired) electrons. The quantitative estimate of drug-likeness (QED) is 0.603. The first kappa shape index (κ1) is 19.1. The van der Waals surface area contributed by atoms with Gasteiger partial charge in [-0.3, -0.25) is 0 Å². The molecule has 1 aliphatic rings. The molecule has 2 heterocycles. The number of hydrogen-bond donors (Lipinski definition) is 2. The third-order valence-corrected chi connectivity index (χ3v) is 5.13. The van der Waals surface area contributed by atoms with Gasteiger partial charge in [0, 0.05) is 37.2 Å². The zero-order chi connectivity index (χ0) is 19.9. The van der Waals surface area contributed by atoms with E-state index in [1.165, 1.54) is 24.9 Å². The summed E-state index contributed by atoms with van der Waals surface area (Å²) >= 11 is 0. The van der Waals surface area contributed by atoms with E-state index in [0.717, 1.165) is 35.9 Å². The number of hydrogen-bond acceptors (Lipinski definition) is 6. The molecule has 2 aromatic carbocycles. The Labute approximate surface area is 172 Å². The van der Waals surface area contributed by atoms with E-state index in [1.807, 2.05) is 30.3 Å². The SMILES string of the molecule is COc1ccc(CNc2nccc(Nc3ccc(N4CCCCC4)cc3)n2)cc1. The minimum atomic E-state index is 0.593. The van der Waals surface area contributed by atoms with Crippen molar-refractivity contribution in [3.8, 4) is 5.75 Å². The Morgan fingerprint density at radius 1 is 0.931 bits per heavy atom. The average Bonchev–Trinajstić information content (AvgIpc) is 2.79. The van der Waals surface area contributed by atoms with Gasteiger partial charge in [0.25, 0.3) is 0 Å². The van der Waals surface area contributed by atoms with Crippen molar-refractivity contribution >= 4 is 23.1 Å². The molecule has 0 saturated carbocycles. The normalized spacial score (nSPS) is 13.8. The Hall–Kier alpha value is -3.28. The fourth-order valence-corrected chi connectivity index (χ4v) is 3.49. The van der Waals surface area contributed by atoms with Gasteiger partial charge in [0.1, 0.15) is 11.6 Å². The van der Waals surface area contributed by atoms with E-state index in [0.29, 0.717) is 12.5 Å². The lowest BCUT2D eigenvalue weighted by Gasteiger charge is -2.28. The van der Waals surface area contributed by atoms with E-state index < -0.39 is 0 Å². The molecule has 4 rings (SSSR count). The summed E-state index contributed by atoms with van der Waals surface area (Å²) < 4.78 is 5.19. The van der Waals surface area contributed by atoms with Crippen LogP contribution in [0.4, 0.5) is 23.1 Å². The third kappa shape index (κ3) is 5.16. The van der Waals surface area contributed by atoms with E-state index in [1.54, 1.807) is 13.3 Å². The van der Waals surface area contributed by atoms with E-state index in [2.05, 4.69) is 49.8 Å². The molecule has 3 aromatic rings. The van der Waals surface area contributed by atoms with Crippen molar-refractivity contribution in [1.82, 2.24) is 9.97 Å². The second kappa shape index (κ2) is 9.28. The molecule has 1 fully saturated rings. The topological polar surface area (TPSA) is 62.3 Å². The molecule has 6 heteroatoms. The summed E-state index contributed by atoms with van der Waals surface area (Å²) in [6.07, 6.45) is 5.67. The fraction of sp³-hybridized carbons (Fsp3) is 0.304. The highest BCUT2D eigenvalue weighted by Gasteiger charge is 2.10. The van der Waals surface area contributed by atoms with Crippen LogP contribution in [0.25, 0.3) is 0 Å². The van der Waals surface area contributed by atoms with Gasteiger partial charge in [0.15, 0.2) is 0 Å². The van der Waals surface area contributed by atoms with Crippen LogP contribution in [0.15, 0.2) is 60.8 Å². The van der Waals surface area contributed by atoms with Gasteiger partial charge < -0.3 is 20.3 Å². The predicted octanol–water partition coefficient (Wildman–Crippen LogP) is 4.83.